The van der Waals surface area contributed by atoms with E-state index in [1.54, 1.807) is 18.6 Å². The van der Waals surface area contributed by atoms with Gasteiger partial charge in [-0.15, -0.1) is 0 Å². The molecule has 1 aliphatic rings. The Hall–Kier alpha value is -3.67. The van der Waals surface area contributed by atoms with Gasteiger partial charge in [-0.25, -0.2) is 0 Å². The van der Waals surface area contributed by atoms with Gasteiger partial charge in [-0.05, 0) is 29.7 Å². The van der Waals surface area contributed by atoms with Crippen LogP contribution in [0.25, 0.3) is 22.2 Å². The van der Waals surface area contributed by atoms with Gasteiger partial charge in [0.25, 0.3) is 0 Å². The third-order valence-electron chi connectivity index (χ3n) is 5.49. The number of carbonyl (C=O) groups excluding carboxylic acids is 1. The molecule has 0 saturated heterocycles. The van der Waals surface area contributed by atoms with Crippen molar-refractivity contribution >= 4 is 16.8 Å². The Morgan fingerprint density at radius 3 is 3.00 bits per heavy atom. The molecular weight excluding hydrogens is 376 g/mol. The standard InChI is InChI=1S/C24H22N4O2/c29-23(9-8-17-13-27-21-7-2-1-5-19(17)21)28-14-18-12-16-4-3-6-20(24(16)30-18)22-15-25-10-11-26-22/h1-7,10-11,13,15,18,27H,8-9,12,14H2,(H,28,29). The molecule has 6 heteroatoms. The first-order valence-electron chi connectivity index (χ1n) is 10.1. The minimum atomic E-state index is -0.0742. The van der Waals surface area contributed by atoms with Crippen molar-refractivity contribution in [1.82, 2.24) is 20.3 Å². The van der Waals surface area contributed by atoms with E-state index in [1.165, 1.54) is 10.9 Å². The van der Waals surface area contributed by atoms with Crippen LogP contribution in [-0.4, -0.2) is 33.5 Å². The van der Waals surface area contributed by atoms with E-state index < -0.39 is 0 Å². The molecular formula is C24H22N4O2. The Bertz CT molecular complexity index is 1190. The van der Waals surface area contributed by atoms with Crippen molar-refractivity contribution in [2.75, 3.05) is 6.54 Å². The molecule has 0 spiro atoms. The van der Waals surface area contributed by atoms with Gasteiger partial charge in [0.15, 0.2) is 0 Å². The van der Waals surface area contributed by atoms with Crippen molar-refractivity contribution in [2.24, 2.45) is 0 Å². The quantitative estimate of drug-likeness (QED) is 0.519. The SMILES string of the molecule is O=C(CCc1c[nH]c2ccccc12)NCC1Cc2cccc(-c3cnccn3)c2O1. The first-order chi connectivity index (χ1) is 14.8. The predicted molar refractivity (Wildman–Crippen MR) is 115 cm³/mol. The summed E-state index contributed by atoms with van der Waals surface area (Å²) >= 11 is 0. The summed E-state index contributed by atoms with van der Waals surface area (Å²) in [6.07, 6.45) is 8.91. The monoisotopic (exact) mass is 398 g/mol. The highest BCUT2D eigenvalue weighted by Crippen LogP contribution is 2.37. The number of hydrogen-bond acceptors (Lipinski definition) is 4. The maximum Gasteiger partial charge on any atom is 0.220 e. The predicted octanol–water partition coefficient (Wildman–Crippen LogP) is 3.68. The minimum absolute atomic E-state index is 0.0361. The zero-order valence-electron chi connectivity index (χ0n) is 16.5. The lowest BCUT2D eigenvalue weighted by molar-refractivity contribution is -0.121. The number of aromatic nitrogens is 3. The van der Waals surface area contributed by atoms with E-state index in [0.717, 1.165) is 34.5 Å². The number of amides is 1. The molecule has 0 saturated carbocycles. The van der Waals surface area contributed by atoms with Crippen LogP contribution < -0.4 is 10.1 Å². The van der Waals surface area contributed by atoms with Crippen LogP contribution in [0.1, 0.15) is 17.5 Å². The van der Waals surface area contributed by atoms with E-state index in [0.29, 0.717) is 19.4 Å². The lowest BCUT2D eigenvalue weighted by atomic mass is 10.0. The van der Waals surface area contributed by atoms with Crippen LogP contribution in [0.2, 0.25) is 0 Å². The molecule has 0 fully saturated rings. The van der Waals surface area contributed by atoms with Gasteiger partial charge in [-0.2, -0.15) is 0 Å². The average Bonchev–Trinajstić information content (AvgIpc) is 3.40. The van der Waals surface area contributed by atoms with Crippen LogP contribution in [0.4, 0.5) is 0 Å². The van der Waals surface area contributed by atoms with Crippen molar-refractivity contribution in [3.05, 3.63) is 78.4 Å². The zero-order chi connectivity index (χ0) is 20.3. The van der Waals surface area contributed by atoms with Gasteiger partial charge in [-0.3, -0.25) is 14.8 Å². The van der Waals surface area contributed by atoms with E-state index in [9.17, 15) is 4.79 Å². The summed E-state index contributed by atoms with van der Waals surface area (Å²) in [7, 11) is 0. The van der Waals surface area contributed by atoms with Crippen LogP contribution >= 0.6 is 0 Å². The van der Waals surface area contributed by atoms with Gasteiger partial charge >= 0.3 is 0 Å². The molecule has 0 aliphatic carbocycles. The molecule has 2 aromatic heterocycles. The van der Waals surface area contributed by atoms with Gasteiger partial charge in [0, 0.05) is 47.9 Å². The Kier molecular flexibility index (Phi) is 4.89. The number of ether oxygens (including phenoxy) is 1. The molecule has 2 N–H and O–H groups in total. The van der Waals surface area contributed by atoms with Gasteiger partial charge in [0.05, 0.1) is 18.4 Å². The Labute approximate surface area is 174 Å². The van der Waals surface area contributed by atoms with Crippen LogP contribution in [0.15, 0.2) is 67.3 Å². The summed E-state index contributed by atoms with van der Waals surface area (Å²) in [6, 6.07) is 14.2. The Balaban J connectivity index is 1.18. The van der Waals surface area contributed by atoms with Crippen molar-refractivity contribution < 1.29 is 9.53 Å². The number of aromatic amines is 1. The number of benzene rings is 2. The van der Waals surface area contributed by atoms with Crippen molar-refractivity contribution in [3.63, 3.8) is 0 Å². The van der Waals surface area contributed by atoms with E-state index >= 15 is 0 Å². The maximum atomic E-state index is 12.4. The van der Waals surface area contributed by atoms with E-state index in [4.69, 9.17) is 4.74 Å². The second kappa shape index (κ2) is 7.99. The number of hydrogen-bond donors (Lipinski definition) is 2. The molecule has 2 aromatic carbocycles. The van der Waals surface area contributed by atoms with Crippen LogP contribution in [0.5, 0.6) is 5.75 Å². The number of para-hydroxylation sites is 2. The number of nitrogens with one attached hydrogen (secondary N) is 2. The molecule has 1 unspecified atom stereocenters. The normalized spacial score (nSPS) is 15.0. The highest BCUT2D eigenvalue weighted by Gasteiger charge is 2.26. The number of nitrogens with zero attached hydrogens (tertiary/aromatic N) is 2. The summed E-state index contributed by atoms with van der Waals surface area (Å²) in [5, 5.41) is 4.20. The van der Waals surface area contributed by atoms with Gasteiger partial charge in [-0.1, -0.05) is 30.3 Å². The van der Waals surface area contributed by atoms with Crippen LogP contribution in [0, 0.1) is 0 Å². The topological polar surface area (TPSA) is 79.9 Å². The smallest absolute Gasteiger partial charge is 0.220 e. The van der Waals surface area contributed by atoms with Crippen molar-refractivity contribution in [1.29, 1.82) is 0 Å². The minimum Gasteiger partial charge on any atom is -0.487 e. The van der Waals surface area contributed by atoms with Gasteiger partial charge in [0.2, 0.25) is 5.91 Å². The number of carbonyl (C=O) groups is 1. The number of H-pyrrole nitrogens is 1. The number of rotatable bonds is 6. The summed E-state index contributed by atoms with van der Waals surface area (Å²) in [4.78, 5) is 24.2. The van der Waals surface area contributed by atoms with Crippen molar-refractivity contribution in [3.8, 4) is 17.0 Å². The van der Waals surface area contributed by atoms with Crippen LogP contribution in [0.3, 0.4) is 0 Å². The third-order valence-corrected chi connectivity index (χ3v) is 5.49. The molecule has 1 amide bonds. The van der Waals surface area contributed by atoms with Gasteiger partial charge in [0.1, 0.15) is 11.9 Å². The number of fused-ring (bicyclic) bond motifs is 2. The Morgan fingerprint density at radius 2 is 2.10 bits per heavy atom. The molecule has 0 radical (unpaired) electrons. The first-order valence-corrected chi connectivity index (χ1v) is 10.1. The highest BCUT2D eigenvalue weighted by molar-refractivity contribution is 5.84. The molecule has 30 heavy (non-hydrogen) atoms. The summed E-state index contributed by atoms with van der Waals surface area (Å²) in [5.74, 6) is 0.880. The third kappa shape index (κ3) is 3.64. The summed E-state index contributed by atoms with van der Waals surface area (Å²) in [5.41, 5.74) is 5.13. The molecule has 150 valence electrons. The molecule has 4 aromatic rings. The second-order valence-corrected chi connectivity index (χ2v) is 7.49. The fourth-order valence-corrected chi connectivity index (χ4v) is 3.99. The van der Waals surface area contributed by atoms with Gasteiger partial charge < -0.3 is 15.0 Å². The van der Waals surface area contributed by atoms with E-state index in [-0.39, 0.29) is 12.0 Å². The van der Waals surface area contributed by atoms with E-state index in [1.807, 2.05) is 36.5 Å². The van der Waals surface area contributed by atoms with Crippen molar-refractivity contribution in [2.45, 2.75) is 25.4 Å². The number of aryl methyl sites for hydroxylation is 1. The average molecular weight is 398 g/mol. The molecule has 5 rings (SSSR count). The zero-order valence-corrected chi connectivity index (χ0v) is 16.5. The second-order valence-electron chi connectivity index (χ2n) is 7.49. The molecule has 1 atom stereocenters. The maximum absolute atomic E-state index is 12.4. The molecule has 6 nitrogen and oxygen atoms in total. The highest BCUT2D eigenvalue weighted by atomic mass is 16.5. The summed E-state index contributed by atoms with van der Waals surface area (Å²) in [6.45, 7) is 0.487. The summed E-state index contributed by atoms with van der Waals surface area (Å²) < 4.78 is 6.16. The molecule has 3 heterocycles. The lowest BCUT2D eigenvalue weighted by Crippen LogP contribution is -2.34. The largest absolute Gasteiger partial charge is 0.487 e. The lowest BCUT2D eigenvalue weighted by Gasteiger charge is -2.13. The fraction of sp³-hybridized carbons (Fsp3) is 0.208. The molecule has 1 aliphatic heterocycles. The van der Waals surface area contributed by atoms with Crippen LogP contribution in [-0.2, 0) is 17.6 Å². The Morgan fingerprint density at radius 1 is 1.17 bits per heavy atom. The molecule has 0 bridgehead atoms. The first kappa shape index (κ1) is 18.4. The van der Waals surface area contributed by atoms with E-state index in [2.05, 4.69) is 32.4 Å². The fourth-order valence-electron chi connectivity index (χ4n) is 3.99.